The van der Waals surface area contributed by atoms with Gasteiger partial charge in [-0.3, -0.25) is 4.79 Å². The molecule has 0 N–H and O–H groups in total. The lowest BCUT2D eigenvalue weighted by molar-refractivity contribution is -0.136. The summed E-state index contributed by atoms with van der Waals surface area (Å²) >= 11 is 0. The number of carbonyl (C=O) groups excluding carboxylic acids is 1. The molecule has 0 spiro atoms. The normalized spacial score (nSPS) is 23.3. The molecule has 0 bridgehead atoms. The minimum Gasteiger partial charge on any atom is -0.381 e. The minimum absolute atomic E-state index is 0.0535. The van der Waals surface area contributed by atoms with Crippen molar-refractivity contribution < 1.29 is 18.4 Å². The Bertz CT molecular complexity index is 740. The molecule has 1 amide bonds. The third-order valence-corrected chi connectivity index (χ3v) is 4.86. The second-order valence-electron chi connectivity index (χ2n) is 6.60. The van der Waals surface area contributed by atoms with E-state index in [0.717, 1.165) is 31.4 Å². The van der Waals surface area contributed by atoms with Crippen molar-refractivity contribution in [3.8, 4) is 0 Å². The van der Waals surface area contributed by atoms with Gasteiger partial charge in [0.15, 0.2) is 5.82 Å². The van der Waals surface area contributed by atoms with Crippen LogP contribution in [0.5, 0.6) is 0 Å². The van der Waals surface area contributed by atoms with Crippen molar-refractivity contribution >= 4 is 5.91 Å². The number of ether oxygens (including phenoxy) is 1. The van der Waals surface area contributed by atoms with E-state index in [0.29, 0.717) is 31.3 Å². The molecule has 7 heteroatoms. The summed E-state index contributed by atoms with van der Waals surface area (Å²) in [4.78, 5) is 19.0. The third-order valence-electron chi connectivity index (χ3n) is 4.86. The number of amides is 1. The first-order valence-corrected chi connectivity index (χ1v) is 8.66. The van der Waals surface area contributed by atoms with Gasteiger partial charge in [-0.1, -0.05) is 17.3 Å². The largest absolute Gasteiger partial charge is 0.381 e. The van der Waals surface area contributed by atoms with Gasteiger partial charge in [-0.25, -0.2) is 4.39 Å². The van der Waals surface area contributed by atoms with Crippen LogP contribution >= 0.6 is 0 Å². The molecule has 2 aliphatic heterocycles. The number of hydrogen-bond donors (Lipinski definition) is 0. The Kier molecular flexibility index (Phi) is 4.48. The Balaban J connectivity index is 1.46. The second kappa shape index (κ2) is 6.92. The zero-order valence-corrected chi connectivity index (χ0v) is 13.9. The lowest BCUT2D eigenvalue weighted by atomic mass is 10.1. The van der Waals surface area contributed by atoms with Crippen LogP contribution in [0.25, 0.3) is 0 Å². The highest BCUT2D eigenvalue weighted by Crippen LogP contribution is 2.33. The van der Waals surface area contributed by atoms with E-state index in [1.807, 2.05) is 4.90 Å². The average molecular weight is 345 g/mol. The van der Waals surface area contributed by atoms with Crippen molar-refractivity contribution in [2.75, 3.05) is 19.8 Å². The predicted octanol–water partition coefficient (Wildman–Crippen LogP) is 2.50. The van der Waals surface area contributed by atoms with Gasteiger partial charge in [0, 0.05) is 19.6 Å². The van der Waals surface area contributed by atoms with Crippen LogP contribution in [0.4, 0.5) is 4.39 Å². The predicted molar refractivity (Wildman–Crippen MR) is 86.1 cm³/mol. The maximum atomic E-state index is 13.0. The summed E-state index contributed by atoms with van der Waals surface area (Å²) in [7, 11) is 0. The lowest BCUT2D eigenvalue weighted by Crippen LogP contribution is -2.36. The van der Waals surface area contributed by atoms with Crippen LogP contribution in [0, 0.1) is 11.7 Å². The van der Waals surface area contributed by atoms with Gasteiger partial charge in [-0.2, -0.15) is 4.98 Å². The summed E-state index contributed by atoms with van der Waals surface area (Å²) in [6.45, 7) is 1.87. The quantitative estimate of drug-likeness (QED) is 0.852. The topological polar surface area (TPSA) is 68.5 Å². The number of halogens is 1. The second-order valence-corrected chi connectivity index (χ2v) is 6.60. The minimum atomic E-state index is -0.270. The molecule has 2 atom stereocenters. The fraction of sp³-hybridized carbons (Fsp3) is 0.500. The van der Waals surface area contributed by atoms with E-state index in [2.05, 4.69) is 10.1 Å². The zero-order valence-electron chi connectivity index (χ0n) is 13.9. The number of carbonyl (C=O) groups is 1. The summed E-state index contributed by atoms with van der Waals surface area (Å²) in [5.74, 6) is 0.834. The number of hydrogen-bond acceptors (Lipinski definition) is 5. The van der Waals surface area contributed by atoms with E-state index in [4.69, 9.17) is 9.26 Å². The van der Waals surface area contributed by atoms with Gasteiger partial charge in [0.2, 0.25) is 11.8 Å². The molecule has 3 heterocycles. The highest BCUT2D eigenvalue weighted by Gasteiger charge is 2.38. The van der Waals surface area contributed by atoms with Gasteiger partial charge in [0.05, 0.1) is 12.5 Å². The SMILES string of the molecule is O=C([C@H]1CCOC1)N1CCC[C@H]1c1nc(Cc2ccc(F)cc2)no1. The van der Waals surface area contributed by atoms with E-state index >= 15 is 0 Å². The van der Waals surface area contributed by atoms with Crippen molar-refractivity contribution in [1.29, 1.82) is 0 Å². The third kappa shape index (κ3) is 3.42. The van der Waals surface area contributed by atoms with Gasteiger partial charge in [0.1, 0.15) is 11.9 Å². The summed E-state index contributed by atoms with van der Waals surface area (Å²) in [5, 5.41) is 4.03. The van der Waals surface area contributed by atoms with Crippen LogP contribution in [0.2, 0.25) is 0 Å². The summed E-state index contributed by atoms with van der Waals surface area (Å²) in [5.41, 5.74) is 0.913. The molecule has 132 valence electrons. The van der Waals surface area contributed by atoms with E-state index in [9.17, 15) is 9.18 Å². The summed E-state index contributed by atoms with van der Waals surface area (Å²) in [6.07, 6.45) is 3.01. The number of likely N-dealkylation sites (tertiary alicyclic amines) is 1. The molecule has 1 aromatic carbocycles. The summed E-state index contributed by atoms with van der Waals surface area (Å²) < 4.78 is 23.7. The van der Waals surface area contributed by atoms with Crippen molar-refractivity contribution in [3.05, 3.63) is 47.4 Å². The molecule has 4 rings (SSSR count). The number of rotatable bonds is 4. The molecule has 2 aromatic rings. The van der Waals surface area contributed by atoms with Crippen molar-refractivity contribution in [1.82, 2.24) is 15.0 Å². The first kappa shape index (κ1) is 16.2. The first-order valence-electron chi connectivity index (χ1n) is 8.66. The van der Waals surface area contributed by atoms with Gasteiger partial charge in [-0.05, 0) is 37.0 Å². The van der Waals surface area contributed by atoms with Crippen LogP contribution in [0.1, 0.15) is 42.6 Å². The molecule has 6 nitrogen and oxygen atoms in total. The molecule has 0 unspecified atom stereocenters. The molecule has 2 fully saturated rings. The van der Waals surface area contributed by atoms with E-state index < -0.39 is 0 Å². The molecule has 25 heavy (non-hydrogen) atoms. The van der Waals surface area contributed by atoms with Gasteiger partial charge < -0.3 is 14.2 Å². The molecule has 2 aliphatic rings. The number of aromatic nitrogens is 2. The fourth-order valence-electron chi connectivity index (χ4n) is 3.51. The molecule has 0 radical (unpaired) electrons. The Labute approximate surface area is 145 Å². The molecular weight excluding hydrogens is 325 g/mol. The lowest BCUT2D eigenvalue weighted by Gasteiger charge is -2.24. The maximum absolute atomic E-state index is 13.0. The maximum Gasteiger partial charge on any atom is 0.249 e. The smallest absolute Gasteiger partial charge is 0.249 e. The Hall–Kier alpha value is -2.28. The van der Waals surface area contributed by atoms with Crippen LogP contribution in [-0.2, 0) is 16.0 Å². The number of benzene rings is 1. The molecule has 2 saturated heterocycles. The van der Waals surface area contributed by atoms with Gasteiger partial charge >= 0.3 is 0 Å². The highest BCUT2D eigenvalue weighted by atomic mass is 19.1. The molecule has 0 saturated carbocycles. The monoisotopic (exact) mass is 345 g/mol. The fourth-order valence-corrected chi connectivity index (χ4v) is 3.51. The Morgan fingerprint density at radius 3 is 2.88 bits per heavy atom. The van der Waals surface area contributed by atoms with E-state index in [1.54, 1.807) is 12.1 Å². The first-order chi connectivity index (χ1) is 12.2. The molecular formula is C18H20FN3O3. The van der Waals surface area contributed by atoms with Crippen LogP contribution in [0.3, 0.4) is 0 Å². The molecule has 0 aliphatic carbocycles. The average Bonchev–Trinajstić information content (AvgIpc) is 3.37. The van der Waals surface area contributed by atoms with Crippen molar-refractivity contribution in [2.45, 2.75) is 31.7 Å². The van der Waals surface area contributed by atoms with Crippen molar-refractivity contribution in [2.24, 2.45) is 5.92 Å². The van der Waals surface area contributed by atoms with E-state index in [1.165, 1.54) is 12.1 Å². The van der Waals surface area contributed by atoms with Crippen LogP contribution in [0.15, 0.2) is 28.8 Å². The van der Waals surface area contributed by atoms with Gasteiger partial charge in [0.25, 0.3) is 0 Å². The van der Waals surface area contributed by atoms with Crippen LogP contribution < -0.4 is 0 Å². The van der Waals surface area contributed by atoms with E-state index in [-0.39, 0.29) is 23.7 Å². The molecule has 1 aromatic heterocycles. The van der Waals surface area contributed by atoms with Crippen molar-refractivity contribution in [3.63, 3.8) is 0 Å². The standard InChI is InChI=1S/C18H20FN3O3/c19-14-5-3-12(4-6-14)10-16-20-17(25-21-16)15-2-1-8-22(15)18(23)13-7-9-24-11-13/h3-6,13,15H,1-2,7-11H2/t13-,15-/m0/s1. The number of nitrogens with zero attached hydrogens (tertiary/aromatic N) is 3. The van der Waals surface area contributed by atoms with Crippen LogP contribution in [-0.4, -0.2) is 40.7 Å². The summed E-state index contributed by atoms with van der Waals surface area (Å²) in [6, 6.07) is 6.09. The van der Waals surface area contributed by atoms with Gasteiger partial charge in [-0.15, -0.1) is 0 Å². The Morgan fingerprint density at radius 1 is 1.28 bits per heavy atom. The highest BCUT2D eigenvalue weighted by molar-refractivity contribution is 5.79. The zero-order chi connectivity index (χ0) is 17.2. The Morgan fingerprint density at radius 2 is 2.12 bits per heavy atom.